The summed E-state index contributed by atoms with van der Waals surface area (Å²) in [4.78, 5) is 0. The molecular formula is C26H26FN3O2. The van der Waals surface area contributed by atoms with Gasteiger partial charge in [-0.25, -0.2) is 9.07 Å². The van der Waals surface area contributed by atoms with Crippen LogP contribution in [0.15, 0.2) is 79.0 Å². The first-order valence-corrected chi connectivity index (χ1v) is 10.5. The molecule has 0 aliphatic carbocycles. The van der Waals surface area contributed by atoms with Crippen LogP contribution in [0.25, 0.3) is 16.9 Å². The van der Waals surface area contributed by atoms with E-state index in [1.54, 1.807) is 23.9 Å². The average molecular weight is 432 g/mol. The number of nitrogens with zero attached hydrogens (tertiary/aromatic N) is 2. The molecule has 0 fully saturated rings. The molecule has 1 aromatic heterocycles. The van der Waals surface area contributed by atoms with Gasteiger partial charge in [0.1, 0.15) is 11.6 Å². The molecule has 32 heavy (non-hydrogen) atoms. The normalized spacial score (nSPS) is 12.0. The smallest absolute Gasteiger partial charge is 0.123 e. The lowest BCUT2D eigenvalue weighted by molar-refractivity contribution is 0.174. The zero-order chi connectivity index (χ0) is 22.5. The van der Waals surface area contributed by atoms with Crippen LogP contribution in [-0.4, -0.2) is 28.5 Å². The molecular weight excluding hydrogens is 405 g/mol. The Morgan fingerprint density at radius 2 is 1.69 bits per heavy atom. The van der Waals surface area contributed by atoms with Crippen molar-refractivity contribution in [3.05, 3.63) is 102 Å². The van der Waals surface area contributed by atoms with E-state index in [0.29, 0.717) is 13.1 Å². The van der Waals surface area contributed by atoms with Gasteiger partial charge in [-0.3, -0.25) is 0 Å². The molecule has 4 aromatic rings. The number of hydrogen-bond acceptors (Lipinski definition) is 4. The van der Waals surface area contributed by atoms with Gasteiger partial charge in [-0.2, -0.15) is 5.10 Å². The van der Waals surface area contributed by atoms with Crippen LogP contribution < -0.4 is 10.1 Å². The number of ether oxygens (including phenoxy) is 1. The van der Waals surface area contributed by atoms with Crippen LogP contribution in [-0.2, 0) is 6.54 Å². The molecule has 0 aliphatic rings. The van der Waals surface area contributed by atoms with Gasteiger partial charge in [0.05, 0.1) is 24.6 Å². The fourth-order valence-corrected chi connectivity index (χ4v) is 3.51. The van der Waals surface area contributed by atoms with Crippen LogP contribution in [0.4, 0.5) is 4.39 Å². The van der Waals surface area contributed by atoms with E-state index in [2.05, 4.69) is 17.4 Å². The van der Waals surface area contributed by atoms with Crippen LogP contribution >= 0.6 is 0 Å². The Hall–Kier alpha value is -3.48. The third-order valence-electron chi connectivity index (χ3n) is 5.36. The number of halogens is 1. The van der Waals surface area contributed by atoms with E-state index >= 15 is 0 Å². The van der Waals surface area contributed by atoms with Gasteiger partial charge in [-0.05, 0) is 48.9 Å². The molecule has 0 aliphatic heterocycles. The molecule has 0 radical (unpaired) electrons. The maximum Gasteiger partial charge on any atom is 0.123 e. The maximum atomic E-state index is 13.3. The highest BCUT2D eigenvalue weighted by atomic mass is 19.1. The number of aryl methyl sites for hydroxylation is 1. The van der Waals surface area contributed by atoms with Gasteiger partial charge in [0.2, 0.25) is 0 Å². The second-order valence-corrected chi connectivity index (χ2v) is 7.71. The van der Waals surface area contributed by atoms with Crippen molar-refractivity contribution in [1.82, 2.24) is 15.1 Å². The zero-order valence-corrected chi connectivity index (χ0v) is 18.1. The van der Waals surface area contributed by atoms with Gasteiger partial charge in [0.15, 0.2) is 0 Å². The summed E-state index contributed by atoms with van der Waals surface area (Å²) in [7, 11) is 1.62. The van der Waals surface area contributed by atoms with Gasteiger partial charge in [0, 0.05) is 30.4 Å². The monoisotopic (exact) mass is 431 g/mol. The number of nitrogens with one attached hydrogen (secondary N) is 1. The molecule has 0 saturated heterocycles. The van der Waals surface area contributed by atoms with Gasteiger partial charge in [-0.15, -0.1) is 0 Å². The summed E-state index contributed by atoms with van der Waals surface area (Å²) in [6, 6.07) is 21.8. The van der Waals surface area contributed by atoms with E-state index in [4.69, 9.17) is 9.84 Å². The highest BCUT2D eigenvalue weighted by Gasteiger charge is 2.14. The molecule has 3 aromatic carbocycles. The molecule has 0 amide bonds. The lowest BCUT2D eigenvalue weighted by Crippen LogP contribution is -2.21. The minimum Gasteiger partial charge on any atom is -0.497 e. The SMILES string of the molecule is COc1ccc(C(O)CNCc2cn(-c3ccc(F)cc3)nc2-c2ccc(C)cc2)cc1. The predicted octanol–water partition coefficient (Wildman–Crippen LogP) is 4.82. The third kappa shape index (κ3) is 5.04. The average Bonchev–Trinajstić information content (AvgIpc) is 3.24. The van der Waals surface area contributed by atoms with Gasteiger partial charge in [-0.1, -0.05) is 42.0 Å². The van der Waals surface area contributed by atoms with Crippen LogP contribution in [0.1, 0.15) is 22.8 Å². The first-order valence-electron chi connectivity index (χ1n) is 10.5. The Kier molecular flexibility index (Phi) is 6.63. The summed E-state index contributed by atoms with van der Waals surface area (Å²) in [6.07, 6.45) is 1.30. The molecule has 1 heterocycles. The summed E-state index contributed by atoms with van der Waals surface area (Å²) in [5.74, 6) is 0.471. The van der Waals surface area contributed by atoms with Crippen LogP contribution in [0.3, 0.4) is 0 Å². The van der Waals surface area contributed by atoms with Crippen molar-refractivity contribution in [2.45, 2.75) is 19.6 Å². The molecule has 1 atom stereocenters. The number of benzene rings is 3. The van der Waals surface area contributed by atoms with Crippen LogP contribution in [0, 0.1) is 12.7 Å². The van der Waals surface area contributed by atoms with Gasteiger partial charge in [0.25, 0.3) is 0 Å². The molecule has 2 N–H and O–H groups in total. The Labute approximate surface area is 187 Å². The van der Waals surface area contributed by atoms with Crippen molar-refractivity contribution < 1.29 is 14.2 Å². The maximum absolute atomic E-state index is 13.3. The number of aliphatic hydroxyl groups is 1. The molecule has 1 unspecified atom stereocenters. The highest BCUT2D eigenvalue weighted by Crippen LogP contribution is 2.25. The van der Waals surface area contributed by atoms with Gasteiger partial charge < -0.3 is 15.2 Å². The standard InChI is InChI=1S/C26H26FN3O2/c1-18-3-5-20(6-4-18)26-21(17-30(29-26)23-11-9-22(27)10-12-23)15-28-16-25(31)19-7-13-24(32-2)14-8-19/h3-14,17,25,28,31H,15-16H2,1-2H3. The third-order valence-corrected chi connectivity index (χ3v) is 5.36. The minimum atomic E-state index is -0.643. The fraction of sp³-hybridized carbons (Fsp3) is 0.192. The van der Waals surface area contributed by atoms with Gasteiger partial charge >= 0.3 is 0 Å². The van der Waals surface area contributed by atoms with Crippen LogP contribution in [0.2, 0.25) is 0 Å². The number of aliphatic hydroxyl groups excluding tert-OH is 1. The molecule has 4 rings (SSSR count). The van der Waals surface area contributed by atoms with Crippen molar-refractivity contribution in [2.24, 2.45) is 0 Å². The lowest BCUT2D eigenvalue weighted by Gasteiger charge is -2.13. The number of hydrogen-bond donors (Lipinski definition) is 2. The first kappa shape index (κ1) is 21.7. The van der Waals surface area contributed by atoms with Crippen molar-refractivity contribution in [3.8, 4) is 22.7 Å². The van der Waals surface area contributed by atoms with E-state index in [0.717, 1.165) is 33.8 Å². The Morgan fingerprint density at radius 3 is 2.34 bits per heavy atom. The zero-order valence-electron chi connectivity index (χ0n) is 18.1. The number of aromatic nitrogens is 2. The van der Waals surface area contributed by atoms with Crippen molar-refractivity contribution in [1.29, 1.82) is 0 Å². The largest absolute Gasteiger partial charge is 0.497 e. The van der Waals surface area contributed by atoms with E-state index < -0.39 is 6.10 Å². The summed E-state index contributed by atoms with van der Waals surface area (Å²) in [6.45, 7) is 2.96. The molecule has 5 nitrogen and oxygen atoms in total. The second-order valence-electron chi connectivity index (χ2n) is 7.71. The lowest BCUT2D eigenvalue weighted by atomic mass is 10.1. The molecule has 0 saturated carbocycles. The Bertz CT molecular complexity index is 1150. The van der Waals surface area contributed by atoms with E-state index in [1.165, 1.54) is 17.7 Å². The number of rotatable bonds is 8. The van der Waals surface area contributed by atoms with Crippen molar-refractivity contribution in [2.75, 3.05) is 13.7 Å². The predicted molar refractivity (Wildman–Crippen MR) is 123 cm³/mol. The molecule has 164 valence electrons. The summed E-state index contributed by atoms with van der Waals surface area (Å²) in [5, 5.41) is 18.6. The summed E-state index contributed by atoms with van der Waals surface area (Å²) >= 11 is 0. The first-order chi connectivity index (χ1) is 15.5. The molecule has 0 spiro atoms. The van der Waals surface area contributed by atoms with Crippen molar-refractivity contribution >= 4 is 0 Å². The van der Waals surface area contributed by atoms with Crippen molar-refractivity contribution in [3.63, 3.8) is 0 Å². The summed E-state index contributed by atoms with van der Waals surface area (Å²) in [5.41, 5.74) is 5.61. The van der Waals surface area contributed by atoms with E-state index in [1.807, 2.05) is 49.5 Å². The Balaban J connectivity index is 1.53. The topological polar surface area (TPSA) is 59.3 Å². The summed E-state index contributed by atoms with van der Waals surface area (Å²) < 4.78 is 20.3. The van der Waals surface area contributed by atoms with E-state index in [-0.39, 0.29) is 5.82 Å². The fourth-order valence-electron chi connectivity index (χ4n) is 3.51. The molecule has 0 bridgehead atoms. The second kappa shape index (κ2) is 9.77. The minimum absolute atomic E-state index is 0.283. The number of methoxy groups -OCH3 is 1. The van der Waals surface area contributed by atoms with Crippen LogP contribution in [0.5, 0.6) is 5.75 Å². The Morgan fingerprint density at radius 1 is 1.00 bits per heavy atom. The highest BCUT2D eigenvalue weighted by molar-refractivity contribution is 5.63. The quantitative estimate of drug-likeness (QED) is 0.420. The molecule has 6 heteroatoms. The van der Waals surface area contributed by atoms with E-state index in [9.17, 15) is 9.50 Å².